The molecule has 0 radical (unpaired) electrons. The molecule has 0 aromatic carbocycles. The Kier molecular flexibility index (Phi) is 4.04. The fourth-order valence-electron chi connectivity index (χ4n) is 2.39. The predicted molar refractivity (Wildman–Crippen MR) is 73.7 cm³/mol. The molecule has 21 heavy (non-hydrogen) atoms. The van der Waals surface area contributed by atoms with Gasteiger partial charge in [-0.15, -0.1) is 0 Å². The van der Waals surface area contributed by atoms with Crippen molar-refractivity contribution in [1.29, 1.82) is 0 Å². The van der Waals surface area contributed by atoms with Crippen LogP contribution in [-0.4, -0.2) is 64.2 Å². The van der Waals surface area contributed by atoms with Crippen LogP contribution in [0.3, 0.4) is 0 Å². The minimum Gasteiger partial charge on any atom is -0.481 e. The summed E-state index contributed by atoms with van der Waals surface area (Å²) in [6.07, 6.45) is 1.03. The molecule has 1 amide bonds. The number of rotatable bonds is 3. The van der Waals surface area contributed by atoms with Gasteiger partial charge in [-0.05, 0) is 6.92 Å². The molecule has 1 unspecified atom stereocenters. The zero-order valence-corrected chi connectivity index (χ0v) is 12.6. The highest BCUT2D eigenvalue weighted by Gasteiger charge is 2.36. The van der Waals surface area contributed by atoms with Crippen molar-refractivity contribution >= 4 is 21.7 Å². The summed E-state index contributed by atoms with van der Waals surface area (Å²) >= 11 is 0. The monoisotopic (exact) mass is 315 g/mol. The summed E-state index contributed by atoms with van der Waals surface area (Å²) in [5, 5.41) is 12.9. The Labute approximate surface area is 122 Å². The molecule has 1 atom stereocenters. The van der Waals surface area contributed by atoms with Gasteiger partial charge < -0.3 is 10.0 Å². The zero-order chi connectivity index (χ0) is 15.8. The molecule has 9 heteroatoms. The zero-order valence-electron chi connectivity index (χ0n) is 11.8. The average molecular weight is 315 g/mol. The molecule has 1 aromatic rings. The van der Waals surface area contributed by atoms with Gasteiger partial charge in [0, 0.05) is 19.3 Å². The summed E-state index contributed by atoms with van der Waals surface area (Å²) < 4.78 is 24.9. The Hall–Kier alpha value is -1.90. The van der Waals surface area contributed by atoms with Crippen LogP contribution in [0.5, 0.6) is 0 Å². The van der Waals surface area contributed by atoms with Crippen molar-refractivity contribution in [2.75, 3.05) is 18.1 Å². The lowest BCUT2D eigenvalue weighted by Crippen LogP contribution is -2.52. The third kappa shape index (κ3) is 3.23. The number of hydrogen-bond donors (Lipinski definition) is 1. The fraction of sp³-hybridized carbons (Fsp3) is 0.583. The summed E-state index contributed by atoms with van der Waals surface area (Å²) in [4.78, 5) is 24.8. The normalized spacial score (nSPS) is 21.2. The number of carboxylic acid groups (broad SMARTS) is 1. The molecule has 0 spiro atoms. The number of carbonyl (C=O) groups excluding carboxylic acids is 1. The quantitative estimate of drug-likeness (QED) is 0.801. The van der Waals surface area contributed by atoms with E-state index in [2.05, 4.69) is 5.10 Å². The average Bonchev–Trinajstić information content (AvgIpc) is 2.68. The molecule has 8 nitrogen and oxygen atoms in total. The summed E-state index contributed by atoms with van der Waals surface area (Å²) in [7, 11) is -1.61. The van der Waals surface area contributed by atoms with E-state index in [1.54, 1.807) is 18.7 Å². The second-order valence-electron chi connectivity index (χ2n) is 5.13. The molecule has 1 saturated heterocycles. The molecule has 0 bridgehead atoms. The van der Waals surface area contributed by atoms with E-state index in [1.807, 2.05) is 0 Å². The van der Waals surface area contributed by atoms with Crippen LogP contribution in [0.4, 0.5) is 0 Å². The summed E-state index contributed by atoms with van der Waals surface area (Å²) in [6, 6.07) is -0.839. The van der Waals surface area contributed by atoms with E-state index in [0.717, 1.165) is 0 Å². The molecule has 2 rings (SSSR count). The van der Waals surface area contributed by atoms with Crippen molar-refractivity contribution in [1.82, 2.24) is 14.7 Å². The first-order valence-electron chi connectivity index (χ1n) is 6.43. The number of nitrogens with zero attached hydrogens (tertiary/aromatic N) is 3. The maximum Gasteiger partial charge on any atom is 0.305 e. The highest BCUT2D eigenvalue weighted by Crippen LogP contribution is 2.19. The number of amides is 1. The van der Waals surface area contributed by atoms with E-state index in [-0.39, 0.29) is 30.4 Å². The van der Waals surface area contributed by atoms with Gasteiger partial charge in [-0.1, -0.05) is 0 Å². The van der Waals surface area contributed by atoms with Crippen molar-refractivity contribution in [3.05, 3.63) is 17.5 Å². The van der Waals surface area contributed by atoms with Crippen molar-refractivity contribution in [3.8, 4) is 0 Å². The van der Waals surface area contributed by atoms with Crippen molar-refractivity contribution in [2.24, 2.45) is 7.05 Å². The number of carboxylic acids is 1. The standard InChI is InChI=1S/C12H17N3O5S/c1-8-10(6-13-14(8)2)12(18)15-3-4-21(19,20)7-9(15)5-11(16)17/h6,9H,3-5,7H2,1-2H3,(H,16,17). The molecule has 1 fully saturated rings. The Morgan fingerprint density at radius 3 is 2.67 bits per heavy atom. The summed E-state index contributed by atoms with van der Waals surface area (Å²) in [5.74, 6) is -1.96. The van der Waals surface area contributed by atoms with Gasteiger partial charge >= 0.3 is 5.97 Å². The van der Waals surface area contributed by atoms with Crippen LogP contribution in [0, 0.1) is 6.92 Å². The van der Waals surface area contributed by atoms with Gasteiger partial charge in [0.1, 0.15) is 0 Å². The van der Waals surface area contributed by atoms with Gasteiger partial charge in [0.05, 0.1) is 35.7 Å². The molecular formula is C12H17N3O5S. The lowest BCUT2D eigenvalue weighted by Gasteiger charge is -2.34. The molecule has 1 N–H and O–H groups in total. The number of aryl methyl sites for hydroxylation is 1. The van der Waals surface area contributed by atoms with Crippen molar-refractivity contribution in [3.63, 3.8) is 0 Å². The van der Waals surface area contributed by atoms with Crippen LogP contribution >= 0.6 is 0 Å². The van der Waals surface area contributed by atoms with Crippen LogP contribution in [0.25, 0.3) is 0 Å². The Balaban J connectivity index is 2.29. The van der Waals surface area contributed by atoms with E-state index in [4.69, 9.17) is 5.11 Å². The topological polar surface area (TPSA) is 110 Å². The molecule has 0 saturated carbocycles. The largest absolute Gasteiger partial charge is 0.481 e. The van der Waals surface area contributed by atoms with Gasteiger partial charge in [0.25, 0.3) is 5.91 Å². The first-order chi connectivity index (χ1) is 9.71. The molecular weight excluding hydrogens is 298 g/mol. The van der Waals surface area contributed by atoms with Crippen LogP contribution in [0.1, 0.15) is 22.5 Å². The van der Waals surface area contributed by atoms with Gasteiger partial charge in [0.2, 0.25) is 0 Å². The molecule has 1 aliphatic rings. The third-order valence-electron chi connectivity index (χ3n) is 3.67. The maximum atomic E-state index is 12.5. The van der Waals surface area contributed by atoms with Crippen LogP contribution in [0.2, 0.25) is 0 Å². The first kappa shape index (κ1) is 15.5. The SMILES string of the molecule is Cc1c(C(=O)N2CCS(=O)(=O)CC2CC(=O)O)cnn1C. The summed E-state index contributed by atoms with van der Waals surface area (Å²) in [5.41, 5.74) is 1.02. The number of sulfone groups is 1. The summed E-state index contributed by atoms with van der Waals surface area (Å²) in [6.45, 7) is 1.74. The molecule has 2 heterocycles. The van der Waals surface area contributed by atoms with Crippen LogP contribution in [-0.2, 0) is 21.7 Å². The van der Waals surface area contributed by atoms with Gasteiger partial charge in [-0.2, -0.15) is 5.10 Å². The fourth-order valence-corrected chi connectivity index (χ4v) is 3.91. The molecule has 1 aromatic heterocycles. The number of aromatic nitrogens is 2. The van der Waals surface area contributed by atoms with E-state index in [0.29, 0.717) is 11.3 Å². The van der Waals surface area contributed by atoms with Crippen molar-refractivity contribution in [2.45, 2.75) is 19.4 Å². The third-order valence-corrected chi connectivity index (χ3v) is 5.36. The van der Waals surface area contributed by atoms with E-state index in [9.17, 15) is 18.0 Å². The molecule has 116 valence electrons. The van der Waals surface area contributed by atoms with Crippen LogP contribution < -0.4 is 0 Å². The molecule has 0 aliphatic carbocycles. The highest BCUT2D eigenvalue weighted by atomic mass is 32.2. The number of hydrogen-bond acceptors (Lipinski definition) is 5. The van der Waals surface area contributed by atoms with Crippen molar-refractivity contribution < 1.29 is 23.1 Å². The Morgan fingerprint density at radius 1 is 1.48 bits per heavy atom. The maximum absolute atomic E-state index is 12.5. The predicted octanol–water partition coefficient (Wildman–Crippen LogP) is -0.558. The second-order valence-corrected chi connectivity index (χ2v) is 7.36. The minimum atomic E-state index is -3.31. The minimum absolute atomic E-state index is 0.00739. The smallest absolute Gasteiger partial charge is 0.305 e. The van der Waals surface area contributed by atoms with Gasteiger partial charge in [-0.25, -0.2) is 8.42 Å². The molecule has 1 aliphatic heterocycles. The lowest BCUT2D eigenvalue weighted by molar-refractivity contribution is -0.138. The van der Waals surface area contributed by atoms with Crippen LogP contribution in [0.15, 0.2) is 6.20 Å². The lowest BCUT2D eigenvalue weighted by atomic mass is 10.1. The second kappa shape index (κ2) is 5.47. The Bertz CT molecular complexity index is 679. The number of carbonyl (C=O) groups is 2. The van der Waals surface area contributed by atoms with E-state index < -0.39 is 21.8 Å². The highest BCUT2D eigenvalue weighted by molar-refractivity contribution is 7.91. The van der Waals surface area contributed by atoms with Gasteiger partial charge in [-0.3, -0.25) is 14.3 Å². The van der Waals surface area contributed by atoms with E-state index in [1.165, 1.54) is 11.1 Å². The Morgan fingerprint density at radius 2 is 2.14 bits per heavy atom. The van der Waals surface area contributed by atoms with E-state index >= 15 is 0 Å². The first-order valence-corrected chi connectivity index (χ1v) is 8.25. The van der Waals surface area contributed by atoms with Gasteiger partial charge in [0.15, 0.2) is 9.84 Å². The number of aliphatic carboxylic acids is 1.